The van der Waals surface area contributed by atoms with Gasteiger partial charge in [-0.05, 0) is 6.42 Å². The van der Waals surface area contributed by atoms with Crippen LogP contribution in [0.4, 0.5) is 0 Å². The van der Waals surface area contributed by atoms with Crippen molar-refractivity contribution in [3.63, 3.8) is 0 Å². The molecule has 4 nitrogen and oxygen atoms in total. The largest absolute Gasteiger partial charge is 1.00 e. The van der Waals surface area contributed by atoms with Crippen LogP contribution in [0.3, 0.4) is 0 Å². The maximum absolute atomic E-state index is 10.2. The van der Waals surface area contributed by atoms with Gasteiger partial charge in [0.1, 0.15) is 0 Å². The first-order valence-corrected chi connectivity index (χ1v) is 7.80. The Labute approximate surface area is 146 Å². The van der Waals surface area contributed by atoms with Crippen LogP contribution in [0.25, 0.3) is 0 Å². The molecule has 0 aliphatic rings. The fourth-order valence-corrected chi connectivity index (χ4v) is 2.19. The monoisotopic (exact) mass is 295 g/mol. The van der Waals surface area contributed by atoms with Crippen molar-refractivity contribution >= 4 is 5.97 Å². The number of rotatable bonds is 14. The normalized spacial score (nSPS) is 10.6. The molecule has 0 amide bonds. The van der Waals surface area contributed by atoms with Crippen molar-refractivity contribution in [1.29, 1.82) is 0 Å². The molecule has 114 valence electrons. The van der Waals surface area contributed by atoms with Crippen LogP contribution in [0.1, 0.15) is 77.6 Å². The van der Waals surface area contributed by atoms with Crippen LogP contribution in [0.2, 0.25) is 0 Å². The Hall–Kier alpha value is 0.390. The Bertz CT molecular complexity index is 215. The summed E-state index contributed by atoms with van der Waals surface area (Å²) in [5.74, 6) is -1.23. The number of carboxylic acid groups (broad SMARTS) is 1. The van der Waals surface area contributed by atoms with E-state index in [4.69, 9.17) is 0 Å². The third-order valence-corrected chi connectivity index (χ3v) is 3.33. The summed E-state index contributed by atoms with van der Waals surface area (Å²) in [6, 6.07) is 0. The van der Waals surface area contributed by atoms with Gasteiger partial charge in [-0.1, -0.05) is 71.1 Å². The minimum atomic E-state index is -1.23. The van der Waals surface area contributed by atoms with Crippen LogP contribution in [-0.4, -0.2) is 29.3 Å². The number of carboxylic acids is 1. The van der Waals surface area contributed by atoms with Crippen LogP contribution < -0.4 is 34.7 Å². The number of hydrogen-bond donors (Lipinski definition) is 1. The van der Waals surface area contributed by atoms with E-state index in [9.17, 15) is 15.1 Å². The quantitative estimate of drug-likeness (QED) is 0.272. The van der Waals surface area contributed by atoms with Crippen molar-refractivity contribution in [2.24, 2.45) is 0 Å². The Morgan fingerprint density at radius 3 is 1.70 bits per heavy atom. The van der Waals surface area contributed by atoms with Crippen LogP contribution in [-0.2, 0) is 4.79 Å². The molecule has 0 radical (unpaired) electrons. The maximum atomic E-state index is 10.2. The predicted molar refractivity (Wildman–Crippen MR) is 74.8 cm³/mol. The van der Waals surface area contributed by atoms with Crippen LogP contribution in [0, 0.1) is 0 Å². The van der Waals surface area contributed by atoms with Crippen LogP contribution in [0.5, 0.6) is 0 Å². The first kappa shape index (κ1) is 22.7. The van der Waals surface area contributed by atoms with Gasteiger partial charge in [0.25, 0.3) is 0 Å². The molecular weight excluding hydrogens is 265 g/mol. The molecule has 0 saturated heterocycles. The average Bonchev–Trinajstić information content (AvgIpc) is 2.35. The Balaban J connectivity index is 0. The minimum absolute atomic E-state index is 0. The van der Waals surface area contributed by atoms with Gasteiger partial charge < -0.3 is 15.1 Å². The number of carbonyl (C=O) groups is 1. The number of hydroxylamine groups is 2. The van der Waals surface area contributed by atoms with Crippen molar-refractivity contribution in [2.75, 3.05) is 13.1 Å². The molecule has 0 rings (SSSR count). The molecule has 0 saturated carbocycles. The first-order valence-electron chi connectivity index (χ1n) is 7.80. The summed E-state index contributed by atoms with van der Waals surface area (Å²) in [4.78, 5) is 10.2. The third-order valence-electron chi connectivity index (χ3n) is 3.33. The van der Waals surface area contributed by atoms with Crippen molar-refractivity contribution in [2.45, 2.75) is 77.6 Å². The maximum Gasteiger partial charge on any atom is 1.00 e. The molecule has 0 unspecified atom stereocenters. The van der Waals surface area contributed by atoms with Gasteiger partial charge in [0.15, 0.2) is 0 Å². The zero-order valence-electron chi connectivity index (χ0n) is 13.4. The third kappa shape index (κ3) is 18.4. The van der Waals surface area contributed by atoms with E-state index in [0.717, 1.165) is 17.9 Å². The Morgan fingerprint density at radius 2 is 1.30 bits per heavy atom. The number of nitrogens with zero attached hydrogens (tertiary/aromatic N) is 1. The number of unbranched alkanes of at least 4 members (excludes halogenated alkanes) is 10. The standard InChI is InChI=1S/C15H31NO3.Na/c1-2-3-4-5-6-7-8-9-10-11-12-13-16(19)14-15(17)18;/h19H,2-14H2,1H3,(H,17,18);/q;+1/p-1. The Morgan fingerprint density at radius 1 is 0.900 bits per heavy atom. The minimum Gasteiger partial charge on any atom is -0.549 e. The van der Waals surface area contributed by atoms with E-state index >= 15 is 0 Å². The van der Waals surface area contributed by atoms with Crippen molar-refractivity contribution < 1.29 is 44.7 Å². The second-order valence-corrected chi connectivity index (χ2v) is 5.30. The molecule has 0 heterocycles. The van der Waals surface area contributed by atoms with Gasteiger partial charge in [-0.2, -0.15) is 5.06 Å². The Kier molecular flexibility index (Phi) is 19.8. The van der Waals surface area contributed by atoms with E-state index < -0.39 is 12.5 Å². The van der Waals surface area contributed by atoms with E-state index in [1.807, 2.05) is 0 Å². The molecule has 0 spiro atoms. The van der Waals surface area contributed by atoms with E-state index in [1.165, 1.54) is 57.8 Å². The van der Waals surface area contributed by atoms with Gasteiger partial charge in [0.2, 0.25) is 0 Å². The zero-order chi connectivity index (χ0) is 14.3. The van der Waals surface area contributed by atoms with Crippen LogP contribution in [0.15, 0.2) is 0 Å². The van der Waals surface area contributed by atoms with Gasteiger partial charge in [0.05, 0.1) is 12.5 Å². The zero-order valence-corrected chi connectivity index (χ0v) is 15.4. The summed E-state index contributed by atoms with van der Waals surface area (Å²) >= 11 is 0. The summed E-state index contributed by atoms with van der Waals surface area (Å²) in [5, 5.41) is 20.2. The number of aliphatic carboxylic acids is 1. The molecule has 0 aliphatic heterocycles. The number of hydrogen-bond acceptors (Lipinski definition) is 4. The van der Waals surface area contributed by atoms with E-state index in [1.54, 1.807) is 0 Å². The topological polar surface area (TPSA) is 63.6 Å². The molecule has 20 heavy (non-hydrogen) atoms. The van der Waals surface area contributed by atoms with Gasteiger partial charge in [-0.15, -0.1) is 0 Å². The number of carbonyl (C=O) groups excluding carboxylic acids is 1. The smallest absolute Gasteiger partial charge is 0.549 e. The van der Waals surface area contributed by atoms with Gasteiger partial charge in [0, 0.05) is 6.54 Å². The second-order valence-electron chi connectivity index (χ2n) is 5.30. The first-order chi connectivity index (χ1) is 9.16. The molecule has 0 bridgehead atoms. The fourth-order valence-electron chi connectivity index (χ4n) is 2.19. The SMILES string of the molecule is CCCCCCCCCCCCCN(O)CC(=O)[O-].[Na+]. The van der Waals surface area contributed by atoms with E-state index in [2.05, 4.69) is 6.92 Å². The molecule has 5 heteroatoms. The summed E-state index contributed by atoms with van der Waals surface area (Å²) < 4.78 is 0. The molecule has 0 aliphatic carbocycles. The summed E-state index contributed by atoms with van der Waals surface area (Å²) in [6.07, 6.45) is 13.7. The van der Waals surface area contributed by atoms with Gasteiger partial charge in [-0.25, -0.2) is 0 Å². The summed E-state index contributed by atoms with van der Waals surface area (Å²) in [5.41, 5.74) is 0. The molecule has 0 aromatic rings. The summed E-state index contributed by atoms with van der Waals surface area (Å²) in [6.45, 7) is 2.27. The molecule has 0 aromatic carbocycles. The average molecular weight is 295 g/mol. The van der Waals surface area contributed by atoms with E-state index in [-0.39, 0.29) is 29.6 Å². The fraction of sp³-hybridized carbons (Fsp3) is 0.933. The summed E-state index contributed by atoms with van der Waals surface area (Å²) in [7, 11) is 0. The molecular formula is C15H30NNaO3. The van der Waals surface area contributed by atoms with Gasteiger partial charge in [-0.3, -0.25) is 0 Å². The van der Waals surface area contributed by atoms with Crippen molar-refractivity contribution in [3.8, 4) is 0 Å². The molecule has 0 aromatic heterocycles. The predicted octanol–water partition coefficient (Wildman–Crippen LogP) is -0.257. The van der Waals surface area contributed by atoms with Crippen molar-refractivity contribution in [1.82, 2.24) is 5.06 Å². The molecule has 1 N–H and O–H groups in total. The van der Waals surface area contributed by atoms with Crippen molar-refractivity contribution in [3.05, 3.63) is 0 Å². The molecule has 0 atom stereocenters. The second kappa shape index (κ2) is 17.4. The van der Waals surface area contributed by atoms with E-state index in [0.29, 0.717) is 6.54 Å². The van der Waals surface area contributed by atoms with Crippen LogP contribution >= 0.6 is 0 Å². The molecule has 0 fully saturated rings. The van der Waals surface area contributed by atoms with Gasteiger partial charge >= 0.3 is 29.6 Å².